The quantitative estimate of drug-likeness (QED) is 0.555. The standard InChI is InChI=1S/C11H19NO3/c1-5-9(4)15-11(14)7-6-10(13)12-8(2)3/h6-9H,5H2,1-4H3,(H,12,13)/b7-6-. The van der Waals surface area contributed by atoms with E-state index in [1.165, 1.54) is 6.08 Å². The van der Waals surface area contributed by atoms with E-state index in [1.807, 2.05) is 20.8 Å². The molecule has 0 radical (unpaired) electrons. The third-order valence-corrected chi connectivity index (χ3v) is 1.69. The van der Waals surface area contributed by atoms with Crippen molar-refractivity contribution in [2.24, 2.45) is 0 Å². The fourth-order valence-electron chi connectivity index (χ4n) is 0.797. The van der Waals surface area contributed by atoms with Crippen molar-refractivity contribution in [3.05, 3.63) is 12.2 Å². The summed E-state index contributed by atoms with van der Waals surface area (Å²) >= 11 is 0. The van der Waals surface area contributed by atoms with E-state index in [1.54, 1.807) is 6.92 Å². The predicted octanol–water partition coefficient (Wildman–Crippen LogP) is 1.41. The van der Waals surface area contributed by atoms with E-state index in [0.29, 0.717) is 0 Å². The zero-order chi connectivity index (χ0) is 11.8. The lowest BCUT2D eigenvalue weighted by Crippen LogP contribution is -2.28. The highest BCUT2D eigenvalue weighted by molar-refractivity contribution is 5.94. The van der Waals surface area contributed by atoms with Gasteiger partial charge in [0.05, 0.1) is 6.10 Å². The molecule has 4 nitrogen and oxygen atoms in total. The molecular formula is C11H19NO3. The molecular weight excluding hydrogens is 194 g/mol. The Bertz CT molecular complexity index is 246. The maximum Gasteiger partial charge on any atom is 0.331 e. The summed E-state index contributed by atoms with van der Waals surface area (Å²) in [4.78, 5) is 22.2. The monoisotopic (exact) mass is 213 g/mol. The van der Waals surface area contributed by atoms with Crippen LogP contribution >= 0.6 is 0 Å². The lowest BCUT2D eigenvalue weighted by Gasteiger charge is -2.08. The zero-order valence-electron chi connectivity index (χ0n) is 9.74. The van der Waals surface area contributed by atoms with Crippen LogP contribution in [0.4, 0.5) is 0 Å². The average molecular weight is 213 g/mol. The van der Waals surface area contributed by atoms with Crippen LogP contribution in [0.2, 0.25) is 0 Å². The van der Waals surface area contributed by atoms with Crippen LogP contribution in [0.5, 0.6) is 0 Å². The molecule has 1 atom stereocenters. The second-order valence-corrected chi connectivity index (χ2v) is 3.65. The number of carbonyl (C=O) groups is 2. The van der Waals surface area contributed by atoms with Gasteiger partial charge in [-0.25, -0.2) is 4.79 Å². The molecule has 0 aliphatic carbocycles. The van der Waals surface area contributed by atoms with Gasteiger partial charge in [0, 0.05) is 18.2 Å². The molecule has 0 saturated carbocycles. The first-order chi connectivity index (χ1) is 6.95. The number of hydrogen-bond acceptors (Lipinski definition) is 3. The van der Waals surface area contributed by atoms with E-state index in [9.17, 15) is 9.59 Å². The van der Waals surface area contributed by atoms with Crippen LogP contribution < -0.4 is 5.32 Å². The Balaban J connectivity index is 3.95. The Hall–Kier alpha value is -1.32. The Kier molecular flexibility index (Phi) is 6.42. The lowest BCUT2D eigenvalue weighted by atomic mass is 10.3. The smallest absolute Gasteiger partial charge is 0.331 e. The number of nitrogens with one attached hydrogen (secondary N) is 1. The molecule has 0 heterocycles. The van der Waals surface area contributed by atoms with Crippen molar-refractivity contribution in [2.75, 3.05) is 0 Å². The van der Waals surface area contributed by atoms with Crippen LogP contribution in [0.25, 0.3) is 0 Å². The number of esters is 1. The molecule has 0 bridgehead atoms. The van der Waals surface area contributed by atoms with Crippen molar-refractivity contribution in [2.45, 2.75) is 46.3 Å². The molecule has 0 spiro atoms. The highest BCUT2D eigenvalue weighted by Crippen LogP contribution is 1.96. The van der Waals surface area contributed by atoms with Gasteiger partial charge >= 0.3 is 5.97 Å². The number of amides is 1. The van der Waals surface area contributed by atoms with Crippen molar-refractivity contribution >= 4 is 11.9 Å². The molecule has 4 heteroatoms. The van der Waals surface area contributed by atoms with Gasteiger partial charge in [0.1, 0.15) is 0 Å². The SMILES string of the molecule is CCC(C)OC(=O)/C=C\C(=O)NC(C)C. The highest BCUT2D eigenvalue weighted by Gasteiger charge is 2.04. The number of ether oxygens (including phenoxy) is 1. The molecule has 0 aromatic carbocycles. The van der Waals surface area contributed by atoms with Crippen molar-refractivity contribution < 1.29 is 14.3 Å². The van der Waals surface area contributed by atoms with Gasteiger partial charge < -0.3 is 10.1 Å². The van der Waals surface area contributed by atoms with Crippen molar-refractivity contribution in [1.82, 2.24) is 5.32 Å². The van der Waals surface area contributed by atoms with Gasteiger partial charge in [0.2, 0.25) is 5.91 Å². The Labute approximate surface area is 90.7 Å². The normalized spacial score (nSPS) is 12.9. The fraction of sp³-hybridized carbons (Fsp3) is 0.636. The molecule has 0 fully saturated rings. The second-order valence-electron chi connectivity index (χ2n) is 3.65. The summed E-state index contributed by atoms with van der Waals surface area (Å²) in [7, 11) is 0. The molecule has 1 N–H and O–H groups in total. The second kappa shape index (κ2) is 7.04. The van der Waals surface area contributed by atoms with E-state index in [4.69, 9.17) is 4.74 Å². The minimum Gasteiger partial charge on any atom is -0.460 e. The predicted molar refractivity (Wildman–Crippen MR) is 58.3 cm³/mol. The lowest BCUT2D eigenvalue weighted by molar-refractivity contribution is -0.142. The van der Waals surface area contributed by atoms with Crippen LogP contribution in [-0.2, 0) is 14.3 Å². The molecule has 1 unspecified atom stereocenters. The molecule has 1 amide bonds. The minimum absolute atomic E-state index is 0.0627. The van der Waals surface area contributed by atoms with Gasteiger partial charge in [-0.15, -0.1) is 0 Å². The van der Waals surface area contributed by atoms with Crippen LogP contribution in [-0.4, -0.2) is 24.0 Å². The van der Waals surface area contributed by atoms with Crippen LogP contribution in [0.3, 0.4) is 0 Å². The Morgan fingerprint density at radius 2 is 1.87 bits per heavy atom. The summed E-state index contributed by atoms with van der Waals surface area (Å²) in [5, 5.41) is 2.63. The molecule has 0 rings (SSSR count). The highest BCUT2D eigenvalue weighted by atomic mass is 16.5. The first-order valence-corrected chi connectivity index (χ1v) is 5.14. The maximum absolute atomic E-state index is 11.1. The van der Waals surface area contributed by atoms with Gasteiger partial charge in [-0.05, 0) is 27.2 Å². The molecule has 0 aliphatic heterocycles. The van der Waals surface area contributed by atoms with Gasteiger partial charge in [-0.3, -0.25) is 4.79 Å². The van der Waals surface area contributed by atoms with Gasteiger partial charge in [-0.2, -0.15) is 0 Å². The first-order valence-electron chi connectivity index (χ1n) is 5.14. The number of hydrogen-bond donors (Lipinski definition) is 1. The summed E-state index contributed by atoms with van der Waals surface area (Å²) in [6.07, 6.45) is 2.97. The van der Waals surface area contributed by atoms with Crippen LogP contribution in [0.1, 0.15) is 34.1 Å². The first kappa shape index (κ1) is 13.7. The zero-order valence-corrected chi connectivity index (χ0v) is 9.74. The molecule has 15 heavy (non-hydrogen) atoms. The minimum atomic E-state index is -0.483. The van der Waals surface area contributed by atoms with Crippen molar-refractivity contribution in [3.63, 3.8) is 0 Å². The van der Waals surface area contributed by atoms with Crippen molar-refractivity contribution in [3.8, 4) is 0 Å². The largest absolute Gasteiger partial charge is 0.460 e. The van der Waals surface area contributed by atoms with Gasteiger partial charge in [-0.1, -0.05) is 6.92 Å². The summed E-state index contributed by atoms with van der Waals surface area (Å²) in [6.45, 7) is 7.43. The molecule has 0 aromatic heterocycles. The van der Waals surface area contributed by atoms with Crippen LogP contribution in [0.15, 0.2) is 12.2 Å². The van der Waals surface area contributed by atoms with E-state index < -0.39 is 5.97 Å². The maximum atomic E-state index is 11.1. The number of rotatable bonds is 5. The third kappa shape index (κ3) is 7.73. The summed E-state index contributed by atoms with van der Waals surface area (Å²) in [5.74, 6) is -0.769. The van der Waals surface area contributed by atoms with Gasteiger partial charge in [0.25, 0.3) is 0 Å². The van der Waals surface area contributed by atoms with Gasteiger partial charge in [0.15, 0.2) is 0 Å². The molecule has 0 aliphatic rings. The molecule has 0 aromatic rings. The summed E-state index contributed by atoms with van der Waals surface area (Å²) < 4.78 is 4.95. The van der Waals surface area contributed by atoms with E-state index in [0.717, 1.165) is 12.5 Å². The van der Waals surface area contributed by atoms with E-state index in [-0.39, 0.29) is 18.1 Å². The topological polar surface area (TPSA) is 55.4 Å². The average Bonchev–Trinajstić information content (AvgIpc) is 2.13. The third-order valence-electron chi connectivity index (χ3n) is 1.69. The van der Waals surface area contributed by atoms with E-state index in [2.05, 4.69) is 5.32 Å². The Morgan fingerprint density at radius 3 is 2.33 bits per heavy atom. The fourth-order valence-corrected chi connectivity index (χ4v) is 0.797. The molecule has 86 valence electrons. The van der Waals surface area contributed by atoms with E-state index >= 15 is 0 Å². The number of carbonyl (C=O) groups excluding carboxylic acids is 2. The summed E-state index contributed by atoms with van der Waals surface area (Å²) in [5.41, 5.74) is 0. The Morgan fingerprint density at radius 1 is 1.27 bits per heavy atom. The molecule has 0 saturated heterocycles. The van der Waals surface area contributed by atoms with Crippen molar-refractivity contribution in [1.29, 1.82) is 0 Å². The van der Waals surface area contributed by atoms with Crippen LogP contribution in [0, 0.1) is 0 Å². The summed E-state index contributed by atoms with van der Waals surface area (Å²) in [6, 6.07) is 0.0627.